The van der Waals surface area contributed by atoms with E-state index in [4.69, 9.17) is 4.74 Å². The van der Waals surface area contributed by atoms with Gasteiger partial charge in [0.25, 0.3) is 5.91 Å². The molecule has 2 aliphatic heterocycles. The van der Waals surface area contributed by atoms with Gasteiger partial charge in [0.2, 0.25) is 0 Å². The van der Waals surface area contributed by atoms with Crippen molar-refractivity contribution in [1.29, 1.82) is 0 Å². The van der Waals surface area contributed by atoms with Gasteiger partial charge in [0, 0.05) is 6.54 Å². The highest BCUT2D eigenvalue weighted by Crippen LogP contribution is 2.37. The first-order chi connectivity index (χ1) is 13.1. The maximum atomic E-state index is 14.3. The largest absolute Gasteiger partial charge is 0.497 e. The summed E-state index contributed by atoms with van der Waals surface area (Å²) in [7, 11) is 1.59. The lowest BCUT2D eigenvalue weighted by atomic mass is 10.1. The highest BCUT2D eigenvalue weighted by molar-refractivity contribution is 8.03. The van der Waals surface area contributed by atoms with E-state index in [1.807, 2.05) is 35.7 Å². The zero-order valence-electron chi connectivity index (χ0n) is 14.5. The second kappa shape index (κ2) is 7.08. The summed E-state index contributed by atoms with van der Waals surface area (Å²) in [5.74, 6) is -0.268. The van der Waals surface area contributed by atoms with E-state index in [0.717, 1.165) is 16.2 Å². The molecule has 0 bridgehead atoms. The highest BCUT2D eigenvalue weighted by atomic mass is 32.2. The Kier molecular flexibility index (Phi) is 4.61. The average Bonchev–Trinajstić information content (AvgIpc) is 3.17. The van der Waals surface area contributed by atoms with Gasteiger partial charge in [-0.15, -0.1) is 11.8 Å². The number of fused-ring (bicyclic) bond motifs is 1. The maximum Gasteiger partial charge on any atom is 0.332 e. The van der Waals surface area contributed by atoms with Gasteiger partial charge in [-0.05, 0) is 35.2 Å². The number of imide groups is 1. The third kappa shape index (κ3) is 3.08. The molecule has 0 saturated carbocycles. The Morgan fingerprint density at radius 1 is 1.11 bits per heavy atom. The number of carbonyl (C=O) groups is 2. The van der Waals surface area contributed by atoms with Crippen LogP contribution in [0, 0.1) is 5.82 Å². The molecule has 27 heavy (non-hydrogen) atoms. The molecule has 2 aliphatic rings. The number of urea groups is 1. The van der Waals surface area contributed by atoms with Crippen LogP contribution in [-0.4, -0.2) is 35.2 Å². The van der Waals surface area contributed by atoms with Gasteiger partial charge in [-0.25, -0.2) is 14.1 Å². The van der Waals surface area contributed by atoms with Crippen LogP contribution >= 0.6 is 11.8 Å². The number of anilines is 1. The molecule has 2 heterocycles. The summed E-state index contributed by atoms with van der Waals surface area (Å²) >= 11 is 1.35. The lowest BCUT2D eigenvalue weighted by Gasteiger charge is -2.41. The van der Waals surface area contributed by atoms with Gasteiger partial charge in [0.1, 0.15) is 16.8 Å². The molecule has 1 saturated heterocycles. The van der Waals surface area contributed by atoms with Gasteiger partial charge in [-0.1, -0.05) is 30.3 Å². The lowest BCUT2D eigenvalue weighted by Crippen LogP contribution is -2.61. The third-order valence-corrected chi connectivity index (χ3v) is 5.77. The molecule has 0 aliphatic carbocycles. The van der Waals surface area contributed by atoms with Crippen LogP contribution in [0.25, 0.3) is 0 Å². The number of thioether (sulfide) groups is 1. The van der Waals surface area contributed by atoms with Crippen molar-refractivity contribution < 1.29 is 18.7 Å². The lowest BCUT2D eigenvalue weighted by molar-refractivity contribution is -0.119. The van der Waals surface area contributed by atoms with E-state index in [-0.39, 0.29) is 11.7 Å². The number of hydrogen-bond donors (Lipinski definition) is 0. The standard InChI is InChI=1S/C20H17FN2O3S/c1-26-14-8-6-13(7-9-14)12-22-17-10-11-27-18(17)19(24)23(20(22)25)16-5-3-2-4-15(16)21/h2-11,17-18H,12H2,1H3. The van der Waals surface area contributed by atoms with E-state index in [0.29, 0.717) is 6.54 Å². The van der Waals surface area contributed by atoms with Crippen molar-refractivity contribution in [3.8, 4) is 5.75 Å². The Balaban J connectivity index is 1.69. The van der Waals surface area contributed by atoms with Crippen molar-refractivity contribution in [2.24, 2.45) is 0 Å². The average molecular weight is 384 g/mol. The van der Waals surface area contributed by atoms with Crippen LogP contribution in [0.2, 0.25) is 0 Å². The summed E-state index contributed by atoms with van der Waals surface area (Å²) in [5.41, 5.74) is 0.884. The monoisotopic (exact) mass is 384 g/mol. The van der Waals surface area contributed by atoms with Gasteiger partial charge in [-0.3, -0.25) is 4.79 Å². The number of benzene rings is 2. The van der Waals surface area contributed by atoms with E-state index >= 15 is 0 Å². The Morgan fingerprint density at radius 2 is 1.85 bits per heavy atom. The molecular formula is C20H17FN2O3S. The second-order valence-corrected chi connectivity index (χ2v) is 7.31. The molecule has 0 spiro atoms. The second-order valence-electron chi connectivity index (χ2n) is 6.26. The van der Waals surface area contributed by atoms with Crippen molar-refractivity contribution in [1.82, 2.24) is 4.90 Å². The number of amides is 3. The summed E-state index contributed by atoms with van der Waals surface area (Å²) in [4.78, 5) is 28.6. The fourth-order valence-corrected chi connectivity index (χ4v) is 4.34. The molecule has 3 amide bonds. The minimum absolute atomic E-state index is 0.0156. The fourth-order valence-electron chi connectivity index (χ4n) is 3.30. The van der Waals surface area contributed by atoms with Crippen molar-refractivity contribution in [2.45, 2.75) is 17.8 Å². The number of carbonyl (C=O) groups excluding carboxylic acids is 2. The van der Waals surface area contributed by atoms with Gasteiger partial charge >= 0.3 is 6.03 Å². The summed E-state index contributed by atoms with van der Waals surface area (Å²) in [5, 5.41) is 1.35. The van der Waals surface area contributed by atoms with E-state index in [1.165, 1.54) is 30.0 Å². The number of ether oxygens (including phenoxy) is 1. The summed E-state index contributed by atoms with van der Waals surface area (Å²) in [6.45, 7) is 0.313. The third-order valence-electron chi connectivity index (χ3n) is 4.68. The predicted octanol–water partition coefficient (Wildman–Crippen LogP) is 3.80. The van der Waals surface area contributed by atoms with Crippen LogP contribution in [0.4, 0.5) is 14.9 Å². The van der Waals surface area contributed by atoms with Crippen LogP contribution in [-0.2, 0) is 11.3 Å². The summed E-state index contributed by atoms with van der Waals surface area (Å²) in [6, 6.07) is 12.4. The van der Waals surface area contributed by atoms with Crippen LogP contribution in [0.15, 0.2) is 60.0 Å². The van der Waals surface area contributed by atoms with Gasteiger partial charge < -0.3 is 9.64 Å². The van der Waals surface area contributed by atoms with Crippen molar-refractivity contribution in [2.75, 3.05) is 12.0 Å². The molecule has 0 aromatic heterocycles. The number of nitrogens with zero attached hydrogens (tertiary/aromatic N) is 2. The minimum Gasteiger partial charge on any atom is -0.497 e. The maximum absolute atomic E-state index is 14.3. The summed E-state index contributed by atoms with van der Waals surface area (Å²) < 4.78 is 19.5. The van der Waals surface area contributed by atoms with Crippen LogP contribution in [0.3, 0.4) is 0 Å². The van der Waals surface area contributed by atoms with Gasteiger partial charge in [0.05, 0.1) is 18.8 Å². The molecule has 5 nitrogen and oxygen atoms in total. The van der Waals surface area contributed by atoms with Crippen molar-refractivity contribution >= 4 is 29.4 Å². The Bertz CT molecular complexity index is 916. The molecule has 2 aromatic rings. The van der Waals surface area contributed by atoms with Crippen molar-refractivity contribution in [3.05, 3.63) is 71.4 Å². The number of halogens is 1. The number of hydrogen-bond acceptors (Lipinski definition) is 4. The zero-order valence-corrected chi connectivity index (χ0v) is 15.4. The quantitative estimate of drug-likeness (QED) is 0.805. The van der Waals surface area contributed by atoms with Crippen LogP contribution in [0.5, 0.6) is 5.75 Å². The fraction of sp³-hybridized carbons (Fsp3) is 0.200. The molecule has 1 fully saturated rings. The Hall–Kier alpha value is -2.80. The van der Waals surface area contributed by atoms with Gasteiger partial charge in [0.15, 0.2) is 0 Å². The Morgan fingerprint density at radius 3 is 2.56 bits per heavy atom. The highest BCUT2D eigenvalue weighted by Gasteiger charge is 2.48. The first-order valence-electron chi connectivity index (χ1n) is 8.44. The smallest absolute Gasteiger partial charge is 0.332 e. The number of para-hydroxylation sites is 1. The molecule has 7 heteroatoms. The molecule has 2 atom stereocenters. The molecule has 4 rings (SSSR count). The van der Waals surface area contributed by atoms with Crippen molar-refractivity contribution in [3.63, 3.8) is 0 Å². The minimum atomic E-state index is -0.599. The van der Waals surface area contributed by atoms with Crippen LogP contribution in [0.1, 0.15) is 5.56 Å². The zero-order chi connectivity index (χ0) is 19.0. The van der Waals surface area contributed by atoms with Crippen LogP contribution < -0.4 is 9.64 Å². The first-order valence-corrected chi connectivity index (χ1v) is 9.38. The summed E-state index contributed by atoms with van der Waals surface area (Å²) in [6.07, 6.45) is 1.85. The number of methoxy groups -OCH3 is 1. The molecule has 0 N–H and O–H groups in total. The van der Waals surface area contributed by atoms with E-state index < -0.39 is 23.0 Å². The molecular weight excluding hydrogens is 367 g/mol. The molecule has 138 valence electrons. The van der Waals surface area contributed by atoms with E-state index in [2.05, 4.69) is 0 Å². The topological polar surface area (TPSA) is 49.9 Å². The van der Waals surface area contributed by atoms with E-state index in [1.54, 1.807) is 18.1 Å². The molecule has 2 aromatic carbocycles. The first kappa shape index (κ1) is 17.6. The predicted molar refractivity (Wildman–Crippen MR) is 102 cm³/mol. The van der Waals surface area contributed by atoms with Gasteiger partial charge in [-0.2, -0.15) is 0 Å². The Labute approximate surface area is 160 Å². The normalized spacial score (nSPS) is 21.6. The SMILES string of the molecule is COc1ccc(CN2C(=O)N(c3ccccc3F)C(=O)C3SC=CC32)cc1. The molecule has 2 unspecified atom stereocenters. The molecule has 0 radical (unpaired) electrons. The number of rotatable bonds is 4. The van der Waals surface area contributed by atoms with E-state index in [9.17, 15) is 14.0 Å².